The van der Waals surface area contributed by atoms with E-state index < -0.39 is 5.41 Å². The second kappa shape index (κ2) is 7.50. The van der Waals surface area contributed by atoms with Gasteiger partial charge in [0.1, 0.15) is 11.2 Å². The molecule has 4 rings (SSSR count). The Hall–Kier alpha value is -2.89. The molecule has 2 fully saturated rings. The molecule has 1 saturated carbocycles. The number of nitrogens with one attached hydrogen (secondary N) is 1. The zero-order valence-corrected chi connectivity index (χ0v) is 16.9. The molecule has 152 valence electrons. The number of hydrogen-bond donors (Lipinski definition) is 1. The van der Waals surface area contributed by atoms with E-state index in [9.17, 15) is 14.0 Å². The monoisotopic (exact) mass is 395 g/mol. The van der Waals surface area contributed by atoms with E-state index in [4.69, 9.17) is 0 Å². The molecule has 29 heavy (non-hydrogen) atoms. The summed E-state index contributed by atoms with van der Waals surface area (Å²) in [4.78, 5) is 29.8. The van der Waals surface area contributed by atoms with Gasteiger partial charge in [-0.1, -0.05) is 29.8 Å². The number of benzene rings is 2. The van der Waals surface area contributed by atoms with Crippen LogP contribution in [0.15, 0.2) is 42.5 Å². The SMILES string of the molecule is Cc1ccc(NC(=O)C2(C(=O)N3CCN(c4ccccc4F)CC3)CC2)c(C)c1. The summed E-state index contributed by atoms with van der Waals surface area (Å²) in [6.45, 7) is 6.05. The number of carbonyl (C=O) groups excluding carboxylic acids is 2. The molecule has 0 radical (unpaired) electrons. The summed E-state index contributed by atoms with van der Waals surface area (Å²) in [6, 6.07) is 12.5. The van der Waals surface area contributed by atoms with Gasteiger partial charge in [-0.15, -0.1) is 0 Å². The number of piperazine rings is 1. The van der Waals surface area contributed by atoms with Crippen LogP contribution in [0.5, 0.6) is 0 Å². The lowest BCUT2D eigenvalue weighted by molar-refractivity contribution is -0.142. The van der Waals surface area contributed by atoms with E-state index in [0.717, 1.165) is 16.8 Å². The predicted octanol–water partition coefficient (Wildman–Crippen LogP) is 3.51. The molecule has 1 N–H and O–H groups in total. The summed E-state index contributed by atoms with van der Waals surface area (Å²) in [7, 11) is 0. The van der Waals surface area contributed by atoms with Gasteiger partial charge in [0.05, 0.1) is 5.69 Å². The quantitative estimate of drug-likeness (QED) is 0.806. The van der Waals surface area contributed by atoms with Crippen LogP contribution in [-0.2, 0) is 9.59 Å². The first-order valence-corrected chi connectivity index (χ1v) is 10.1. The average Bonchev–Trinajstić information content (AvgIpc) is 3.52. The molecule has 1 aliphatic carbocycles. The number of nitrogens with zero attached hydrogens (tertiary/aromatic N) is 2. The molecule has 2 amide bonds. The predicted molar refractivity (Wildman–Crippen MR) is 111 cm³/mol. The molecular weight excluding hydrogens is 369 g/mol. The lowest BCUT2D eigenvalue weighted by atomic mass is 10.0. The highest BCUT2D eigenvalue weighted by Gasteiger charge is 2.58. The lowest BCUT2D eigenvalue weighted by Crippen LogP contribution is -2.52. The van der Waals surface area contributed by atoms with Crippen molar-refractivity contribution in [3.8, 4) is 0 Å². The minimum Gasteiger partial charge on any atom is -0.366 e. The summed E-state index contributed by atoms with van der Waals surface area (Å²) >= 11 is 0. The molecule has 2 aromatic rings. The maximum absolute atomic E-state index is 14.0. The van der Waals surface area contributed by atoms with E-state index in [2.05, 4.69) is 5.32 Å². The second-order valence-electron chi connectivity index (χ2n) is 8.09. The number of halogens is 1. The van der Waals surface area contributed by atoms with E-state index in [0.29, 0.717) is 44.7 Å². The average molecular weight is 395 g/mol. The number of anilines is 2. The Morgan fingerprint density at radius 3 is 2.31 bits per heavy atom. The summed E-state index contributed by atoms with van der Waals surface area (Å²) in [5.74, 6) is -0.572. The minimum atomic E-state index is -0.947. The van der Waals surface area contributed by atoms with Crippen molar-refractivity contribution in [2.75, 3.05) is 36.4 Å². The largest absolute Gasteiger partial charge is 0.366 e. The molecule has 6 heteroatoms. The molecule has 1 heterocycles. The molecule has 0 aromatic heterocycles. The van der Waals surface area contributed by atoms with Gasteiger partial charge in [-0.3, -0.25) is 9.59 Å². The number of hydrogen-bond acceptors (Lipinski definition) is 3. The van der Waals surface area contributed by atoms with Crippen molar-refractivity contribution in [1.29, 1.82) is 0 Å². The third kappa shape index (κ3) is 3.71. The number of rotatable bonds is 4. The Bertz CT molecular complexity index is 947. The first kappa shape index (κ1) is 19.4. The summed E-state index contributed by atoms with van der Waals surface area (Å²) in [6.07, 6.45) is 1.16. The van der Waals surface area contributed by atoms with Gasteiger partial charge in [0.2, 0.25) is 11.8 Å². The van der Waals surface area contributed by atoms with Crippen LogP contribution in [0.25, 0.3) is 0 Å². The summed E-state index contributed by atoms with van der Waals surface area (Å²) < 4.78 is 14.0. The Kier molecular flexibility index (Phi) is 5.03. The van der Waals surface area contributed by atoms with E-state index in [1.165, 1.54) is 6.07 Å². The van der Waals surface area contributed by atoms with Crippen molar-refractivity contribution in [1.82, 2.24) is 4.90 Å². The third-order valence-corrected chi connectivity index (χ3v) is 5.98. The van der Waals surface area contributed by atoms with Crippen LogP contribution in [0, 0.1) is 25.1 Å². The first-order valence-electron chi connectivity index (χ1n) is 10.1. The Morgan fingerprint density at radius 1 is 1.00 bits per heavy atom. The van der Waals surface area contributed by atoms with Crippen molar-refractivity contribution in [2.45, 2.75) is 26.7 Å². The van der Waals surface area contributed by atoms with Gasteiger partial charge >= 0.3 is 0 Å². The first-order chi connectivity index (χ1) is 13.9. The van der Waals surface area contributed by atoms with Gasteiger partial charge in [0.25, 0.3) is 0 Å². The fraction of sp³-hybridized carbons (Fsp3) is 0.391. The maximum atomic E-state index is 14.0. The second-order valence-corrected chi connectivity index (χ2v) is 8.09. The van der Waals surface area contributed by atoms with Crippen LogP contribution in [0.3, 0.4) is 0 Å². The number of para-hydroxylation sites is 1. The molecule has 5 nitrogen and oxygen atoms in total. The van der Waals surface area contributed by atoms with Crippen LogP contribution < -0.4 is 10.2 Å². The lowest BCUT2D eigenvalue weighted by Gasteiger charge is -2.37. The minimum absolute atomic E-state index is 0.104. The summed E-state index contributed by atoms with van der Waals surface area (Å²) in [5, 5.41) is 2.96. The van der Waals surface area contributed by atoms with Gasteiger partial charge in [-0.2, -0.15) is 0 Å². The highest BCUT2D eigenvalue weighted by molar-refractivity contribution is 6.13. The van der Waals surface area contributed by atoms with Crippen LogP contribution in [-0.4, -0.2) is 42.9 Å². The Morgan fingerprint density at radius 2 is 1.69 bits per heavy atom. The molecule has 0 atom stereocenters. The van der Waals surface area contributed by atoms with Crippen molar-refractivity contribution in [3.63, 3.8) is 0 Å². The molecule has 0 spiro atoms. The zero-order chi connectivity index (χ0) is 20.6. The number of carbonyl (C=O) groups is 2. The third-order valence-electron chi connectivity index (χ3n) is 5.98. The van der Waals surface area contributed by atoms with Crippen LogP contribution >= 0.6 is 0 Å². The van der Waals surface area contributed by atoms with Crippen molar-refractivity contribution >= 4 is 23.2 Å². The van der Waals surface area contributed by atoms with E-state index >= 15 is 0 Å². The summed E-state index contributed by atoms with van der Waals surface area (Å²) in [5.41, 5.74) is 2.49. The molecule has 2 aliphatic rings. The molecule has 1 aliphatic heterocycles. The standard InChI is InChI=1S/C23H26FN3O2/c1-16-7-8-19(17(2)15-16)25-21(28)23(9-10-23)22(29)27-13-11-26(12-14-27)20-6-4-3-5-18(20)24/h3-8,15H,9-14H2,1-2H3,(H,25,28). The van der Waals surface area contributed by atoms with E-state index in [1.807, 2.05) is 43.0 Å². The maximum Gasteiger partial charge on any atom is 0.240 e. The molecule has 2 aromatic carbocycles. The molecular formula is C23H26FN3O2. The van der Waals surface area contributed by atoms with Gasteiger partial charge < -0.3 is 15.1 Å². The Balaban J connectivity index is 1.40. The van der Waals surface area contributed by atoms with E-state index in [-0.39, 0.29) is 17.6 Å². The fourth-order valence-corrected chi connectivity index (χ4v) is 4.02. The number of aryl methyl sites for hydroxylation is 2. The zero-order valence-electron chi connectivity index (χ0n) is 16.9. The van der Waals surface area contributed by atoms with Crippen molar-refractivity contribution < 1.29 is 14.0 Å². The van der Waals surface area contributed by atoms with Crippen molar-refractivity contribution in [3.05, 3.63) is 59.4 Å². The number of amides is 2. The van der Waals surface area contributed by atoms with Gasteiger partial charge in [0, 0.05) is 31.9 Å². The van der Waals surface area contributed by atoms with E-state index in [1.54, 1.807) is 17.0 Å². The fourth-order valence-electron chi connectivity index (χ4n) is 4.02. The van der Waals surface area contributed by atoms with Gasteiger partial charge in [-0.05, 0) is 50.5 Å². The van der Waals surface area contributed by atoms with Gasteiger partial charge in [0.15, 0.2) is 0 Å². The van der Waals surface area contributed by atoms with Crippen LogP contribution in [0.2, 0.25) is 0 Å². The smallest absolute Gasteiger partial charge is 0.240 e. The highest BCUT2D eigenvalue weighted by atomic mass is 19.1. The Labute approximate surface area is 170 Å². The van der Waals surface area contributed by atoms with Gasteiger partial charge in [-0.25, -0.2) is 4.39 Å². The highest BCUT2D eigenvalue weighted by Crippen LogP contribution is 2.48. The van der Waals surface area contributed by atoms with Crippen molar-refractivity contribution in [2.24, 2.45) is 5.41 Å². The molecule has 0 bridgehead atoms. The topological polar surface area (TPSA) is 52.7 Å². The van der Waals surface area contributed by atoms with Crippen LogP contribution in [0.1, 0.15) is 24.0 Å². The van der Waals surface area contributed by atoms with Crippen LogP contribution in [0.4, 0.5) is 15.8 Å². The molecule has 0 unspecified atom stereocenters. The normalized spacial score (nSPS) is 17.8. The molecule has 1 saturated heterocycles.